The minimum atomic E-state index is 0.405. The molecule has 0 bridgehead atoms. The summed E-state index contributed by atoms with van der Waals surface area (Å²) < 4.78 is 5.91. The fourth-order valence-electron chi connectivity index (χ4n) is 2.39. The first-order valence-electron chi connectivity index (χ1n) is 8.13. The lowest BCUT2D eigenvalue weighted by molar-refractivity contribution is 0.370. The molecule has 0 saturated carbocycles. The molecule has 19 heavy (non-hydrogen) atoms. The van der Waals surface area contributed by atoms with Gasteiger partial charge in [0.15, 0.2) is 0 Å². The second kappa shape index (κ2) is 10.1. The molecule has 0 radical (unpaired) electrons. The molecule has 1 atom stereocenters. The summed E-state index contributed by atoms with van der Waals surface area (Å²) in [6, 6.07) is 4.67. The Labute approximate surface area is 119 Å². The van der Waals surface area contributed by atoms with Crippen molar-refractivity contribution in [3.8, 4) is 0 Å². The van der Waals surface area contributed by atoms with Crippen molar-refractivity contribution in [2.45, 2.75) is 78.2 Å². The number of aryl methyl sites for hydroxylation is 1. The van der Waals surface area contributed by atoms with Gasteiger partial charge in [0.05, 0.1) is 6.04 Å². The van der Waals surface area contributed by atoms with Crippen LogP contribution in [-0.2, 0) is 6.42 Å². The van der Waals surface area contributed by atoms with Crippen LogP contribution in [0.25, 0.3) is 0 Å². The van der Waals surface area contributed by atoms with Crippen LogP contribution in [0.2, 0.25) is 0 Å². The van der Waals surface area contributed by atoms with Crippen molar-refractivity contribution in [2.75, 3.05) is 6.54 Å². The number of hydrogen-bond donors (Lipinski definition) is 1. The lowest BCUT2D eigenvalue weighted by Gasteiger charge is -2.16. The Kier molecular flexibility index (Phi) is 8.64. The molecule has 0 aliphatic rings. The van der Waals surface area contributed by atoms with Crippen molar-refractivity contribution in [1.29, 1.82) is 0 Å². The highest BCUT2D eigenvalue weighted by Gasteiger charge is 2.14. The monoisotopic (exact) mass is 265 g/mol. The van der Waals surface area contributed by atoms with Gasteiger partial charge in [0, 0.05) is 6.42 Å². The number of rotatable bonds is 11. The number of nitrogens with one attached hydrogen (secondary N) is 1. The summed E-state index contributed by atoms with van der Waals surface area (Å²) in [5.74, 6) is 2.23. The molecule has 1 heterocycles. The van der Waals surface area contributed by atoms with E-state index in [1.807, 2.05) is 0 Å². The average molecular weight is 265 g/mol. The molecule has 0 spiro atoms. The van der Waals surface area contributed by atoms with Crippen LogP contribution in [0, 0.1) is 0 Å². The Morgan fingerprint density at radius 2 is 1.79 bits per heavy atom. The molecule has 0 aliphatic heterocycles. The van der Waals surface area contributed by atoms with Crippen molar-refractivity contribution in [3.05, 3.63) is 23.7 Å². The number of furan rings is 1. The van der Waals surface area contributed by atoms with E-state index in [0.29, 0.717) is 6.04 Å². The summed E-state index contributed by atoms with van der Waals surface area (Å²) in [6.45, 7) is 7.69. The van der Waals surface area contributed by atoms with Crippen LogP contribution in [0.1, 0.15) is 83.3 Å². The van der Waals surface area contributed by atoms with Gasteiger partial charge in [-0.2, -0.15) is 0 Å². The zero-order chi connectivity index (χ0) is 13.9. The van der Waals surface area contributed by atoms with Gasteiger partial charge in [-0.05, 0) is 31.5 Å². The quantitative estimate of drug-likeness (QED) is 0.553. The number of hydrogen-bond acceptors (Lipinski definition) is 2. The van der Waals surface area contributed by atoms with E-state index in [9.17, 15) is 0 Å². The molecule has 1 aromatic rings. The van der Waals surface area contributed by atoms with Gasteiger partial charge >= 0.3 is 0 Å². The second-order valence-corrected chi connectivity index (χ2v) is 5.37. The van der Waals surface area contributed by atoms with Crippen molar-refractivity contribution in [2.24, 2.45) is 0 Å². The molecule has 110 valence electrons. The highest BCUT2D eigenvalue weighted by Crippen LogP contribution is 2.23. The molecule has 0 amide bonds. The molecule has 0 saturated heterocycles. The Bertz CT molecular complexity index is 319. The zero-order valence-corrected chi connectivity index (χ0v) is 13.0. The molecule has 2 nitrogen and oxygen atoms in total. The van der Waals surface area contributed by atoms with Crippen LogP contribution in [0.3, 0.4) is 0 Å². The average Bonchev–Trinajstić information content (AvgIpc) is 2.90. The van der Waals surface area contributed by atoms with E-state index in [2.05, 4.69) is 38.2 Å². The molecule has 1 unspecified atom stereocenters. The van der Waals surface area contributed by atoms with Gasteiger partial charge in [0.1, 0.15) is 11.5 Å². The third-order valence-corrected chi connectivity index (χ3v) is 3.61. The maximum atomic E-state index is 5.91. The number of unbranched alkanes of at least 4 members (excludes halogenated alkanes) is 4. The Hall–Kier alpha value is -0.760. The summed E-state index contributed by atoms with van der Waals surface area (Å²) >= 11 is 0. The van der Waals surface area contributed by atoms with Gasteiger partial charge < -0.3 is 9.73 Å². The molecule has 1 rings (SSSR count). The normalized spacial score (nSPS) is 12.8. The van der Waals surface area contributed by atoms with Crippen LogP contribution in [0.4, 0.5) is 0 Å². The van der Waals surface area contributed by atoms with Crippen LogP contribution >= 0.6 is 0 Å². The minimum absolute atomic E-state index is 0.405. The Morgan fingerprint density at radius 3 is 2.42 bits per heavy atom. The van der Waals surface area contributed by atoms with Crippen molar-refractivity contribution < 1.29 is 4.42 Å². The molecular weight excluding hydrogens is 234 g/mol. The summed E-state index contributed by atoms with van der Waals surface area (Å²) in [4.78, 5) is 0. The molecule has 2 heteroatoms. The first-order chi connectivity index (χ1) is 9.31. The first kappa shape index (κ1) is 16.3. The SMILES string of the molecule is CCCCCCCC(NCCC)c1ccc(CC)o1. The molecule has 0 fully saturated rings. The zero-order valence-electron chi connectivity index (χ0n) is 13.0. The topological polar surface area (TPSA) is 25.2 Å². The van der Waals surface area contributed by atoms with E-state index < -0.39 is 0 Å². The van der Waals surface area contributed by atoms with Gasteiger partial charge in [0.2, 0.25) is 0 Å². The minimum Gasteiger partial charge on any atom is -0.464 e. The predicted molar refractivity (Wildman–Crippen MR) is 82.5 cm³/mol. The van der Waals surface area contributed by atoms with Crippen LogP contribution in [0.15, 0.2) is 16.5 Å². The van der Waals surface area contributed by atoms with Crippen molar-refractivity contribution >= 4 is 0 Å². The van der Waals surface area contributed by atoms with Gasteiger partial charge in [-0.3, -0.25) is 0 Å². The molecule has 1 aromatic heterocycles. The molecule has 1 N–H and O–H groups in total. The predicted octanol–water partition coefficient (Wildman–Crippen LogP) is 5.24. The third kappa shape index (κ3) is 6.29. The smallest absolute Gasteiger partial charge is 0.121 e. The van der Waals surface area contributed by atoms with Crippen LogP contribution in [-0.4, -0.2) is 6.54 Å². The summed E-state index contributed by atoms with van der Waals surface area (Å²) in [5.41, 5.74) is 0. The van der Waals surface area contributed by atoms with Crippen molar-refractivity contribution in [1.82, 2.24) is 5.32 Å². The summed E-state index contributed by atoms with van der Waals surface area (Å²) in [6.07, 6.45) is 10.0. The molecule has 0 aromatic carbocycles. The second-order valence-electron chi connectivity index (χ2n) is 5.37. The lowest BCUT2D eigenvalue weighted by Crippen LogP contribution is -2.21. The molecule has 0 aliphatic carbocycles. The van der Waals surface area contributed by atoms with Crippen LogP contribution < -0.4 is 5.32 Å². The van der Waals surface area contributed by atoms with E-state index in [0.717, 1.165) is 24.5 Å². The molecular formula is C17H31NO. The van der Waals surface area contributed by atoms with E-state index in [4.69, 9.17) is 4.42 Å². The maximum Gasteiger partial charge on any atom is 0.121 e. The van der Waals surface area contributed by atoms with Gasteiger partial charge in [-0.25, -0.2) is 0 Å². The van der Waals surface area contributed by atoms with E-state index >= 15 is 0 Å². The Balaban J connectivity index is 2.41. The highest BCUT2D eigenvalue weighted by atomic mass is 16.3. The lowest BCUT2D eigenvalue weighted by atomic mass is 10.0. The van der Waals surface area contributed by atoms with Gasteiger partial charge in [-0.1, -0.05) is 52.9 Å². The third-order valence-electron chi connectivity index (χ3n) is 3.61. The van der Waals surface area contributed by atoms with Crippen LogP contribution in [0.5, 0.6) is 0 Å². The fourth-order valence-corrected chi connectivity index (χ4v) is 2.39. The Morgan fingerprint density at radius 1 is 1.00 bits per heavy atom. The summed E-state index contributed by atoms with van der Waals surface area (Å²) in [5, 5.41) is 3.62. The largest absolute Gasteiger partial charge is 0.464 e. The van der Waals surface area contributed by atoms with Crippen molar-refractivity contribution in [3.63, 3.8) is 0 Å². The standard InChI is InChI=1S/C17H31NO/c1-4-7-8-9-10-11-16(18-14-5-2)17-13-12-15(6-3)19-17/h12-13,16,18H,4-11,14H2,1-3H3. The fraction of sp³-hybridized carbons (Fsp3) is 0.765. The highest BCUT2D eigenvalue weighted by molar-refractivity contribution is 5.10. The van der Waals surface area contributed by atoms with E-state index in [-0.39, 0.29) is 0 Å². The van der Waals surface area contributed by atoms with E-state index in [1.54, 1.807) is 0 Å². The van der Waals surface area contributed by atoms with E-state index in [1.165, 1.54) is 44.9 Å². The summed E-state index contributed by atoms with van der Waals surface area (Å²) in [7, 11) is 0. The maximum absolute atomic E-state index is 5.91. The van der Waals surface area contributed by atoms with Gasteiger partial charge in [0.25, 0.3) is 0 Å². The van der Waals surface area contributed by atoms with Gasteiger partial charge in [-0.15, -0.1) is 0 Å². The first-order valence-corrected chi connectivity index (χ1v) is 8.13.